The monoisotopic (exact) mass is 584 g/mol. The molecule has 0 fully saturated rings. The summed E-state index contributed by atoms with van der Waals surface area (Å²) in [6.07, 6.45) is 0. The van der Waals surface area contributed by atoms with Crippen molar-refractivity contribution in [2.75, 3.05) is 0 Å². The van der Waals surface area contributed by atoms with Gasteiger partial charge in [-0.15, -0.1) is 11.3 Å². The number of nitrogens with zero attached hydrogens (tertiary/aromatic N) is 1. The molecule has 44 heavy (non-hydrogen) atoms. The van der Waals surface area contributed by atoms with Crippen LogP contribution in [0.1, 0.15) is 9.60 Å². The third-order valence-electron chi connectivity index (χ3n) is 8.27. The normalized spacial score (nSPS) is 13.9. The van der Waals surface area contributed by atoms with E-state index in [0.29, 0.717) is 15.0 Å². The van der Waals surface area contributed by atoms with E-state index in [1.54, 1.807) is 0 Å². The van der Waals surface area contributed by atoms with Crippen LogP contribution in [0.15, 0.2) is 164 Å². The SMILES string of the molecule is [2H]c1c([2H])c([2H])c2c(sc3c([2H])c([2H])c(-c4cccc(-c5ccccc5-n5c6ccccc6c6cc(-c7ccccc7)ccc65)c4)c([2H])c32)c1[2H]. The maximum absolute atomic E-state index is 9.34. The molecule has 0 aliphatic carbocycles. The van der Waals surface area contributed by atoms with Crippen molar-refractivity contribution in [1.29, 1.82) is 0 Å². The molecule has 1 nitrogen and oxygen atoms in total. The summed E-state index contributed by atoms with van der Waals surface area (Å²) in [7, 11) is 0. The molecule has 2 heterocycles. The first-order valence-electron chi connectivity index (χ1n) is 18.0. The second-order valence-corrected chi connectivity index (χ2v) is 11.8. The molecule has 0 bridgehead atoms. The van der Waals surface area contributed by atoms with E-state index >= 15 is 0 Å². The Morgan fingerprint density at radius 1 is 0.455 bits per heavy atom. The average Bonchev–Trinajstić information content (AvgIpc) is 3.73. The summed E-state index contributed by atoms with van der Waals surface area (Å²) in [4.78, 5) is 0. The van der Waals surface area contributed by atoms with Gasteiger partial charge in [-0.1, -0.05) is 115 Å². The molecule has 0 atom stereocenters. The van der Waals surface area contributed by atoms with Crippen molar-refractivity contribution < 1.29 is 9.60 Å². The summed E-state index contributed by atoms with van der Waals surface area (Å²) < 4.78 is 63.8. The van der Waals surface area contributed by atoms with Crippen LogP contribution in [0.25, 0.3) is 81.0 Å². The summed E-state index contributed by atoms with van der Waals surface area (Å²) in [5.41, 5.74) is 8.08. The zero-order valence-electron chi connectivity index (χ0n) is 30.4. The minimum absolute atomic E-state index is 0.0238. The Morgan fingerprint density at radius 3 is 2.14 bits per heavy atom. The number of benzene rings is 7. The van der Waals surface area contributed by atoms with Crippen LogP contribution in [-0.2, 0) is 0 Å². The third kappa shape index (κ3) is 4.00. The van der Waals surface area contributed by atoms with Crippen LogP contribution in [0.5, 0.6) is 0 Å². The minimum atomic E-state index is -0.380. The highest BCUT2D eigenvalue weighted by Gasteiger charge is 2.16. The molecular formula is C42H27NS. The van der Waals surface area contributed by atoms with Crippen molar-refractivity contribution in [2.24, 2.45) is 0 Å². The fraction of sp³-hybridized carbons (Fsp3) is 0. The van der Waals surface area contributed by atoms with E-state index < -0.39 is 0 Å². The Morgan fingerprint density at radius 2 is 1.18 bits per heavy atom. The van der Waals surface area contributed by atoms with Crippen LogP contribution in [-0.4, -0.2) is 4.57 Å². The smallest absolute Gasteiger partial charge is 0.0638 e. The van der Waals surface area contributed by atoms with Gasteiger partial charge in [0, 0.05) is 36.5 Å². The lowest BCUT2D eigenvalue weighted by molar-refractivity contribution is 1.18. The number of fused-ring (bicyclic) bond motifs is 6. The molecule has 2 aromatic heterocycles. The molecule has 0 unspecified atom stereocenters. The van der Waals surface area contributed by atoms with E-state index in [1.165, 1.54) is 0 Å². The minimum Gasteiger partial charge on any atom is -0.309 e. The third-order valence-corrected chi connectivity index (χ3v) is 9.29. The number of hydrogen-bond acceptors (Lipinski definition) is 1. The van der Waals surface area contributed by atoms with E-state index in [1.807, 2.05) is 60.7 Å². The van der Waals surface area contributed by atoms with Gasteiger partial charge in [0.05, 0.1) is 26.3 Å². The van der Waals surface area contributed by atoms with Crippen molar-refractivity contribution in [2.45, 2.75) is 0 Å². The Kier molecular flexibility index (Phi) is 4.35. The van der Waals surface area contributed by atoms with Crippen LogP contribution in [0.3, 0.4) is 0 Å². The lowest BCUT2D eigenvalue weighted by atomic mass is 9.97. The molecule has 0 aliphatic heterocycles. The van der Waals surface area contributed by atoms with Crippen molar-refractivity contribution in [3.05, 3.63) is 164 Å². The van der Waals surface area contributed by atoms with Crippen molar-refractivity contribution in [3.63, 3.8) is 0 Å². The molecule has 0 amide bonds. The molecule has 0 spiro atoms. The molecular weight excluding hydrogens is 551 g/mol. The molecule has 0 saturated carbocycles. The molecule has 9 aromatic rings. The van der Waals surface area contributed by atoms with Gasteiger partial charge in [-0.3, -0.25) is 0 Å². The van der Waals surface area contributed by atoms with Crippen molar-refractivity contribution in [3.8, 4) is 39.1 Å². The highest BCUT2D eigenvalue weighted by molar-refractivity contribution is 7.25. The zero-order valence-corrected chi connectivity index (χ0v) is 24.2. The van der Waals surface area contributed by atoms with Gasteiger partial charge in [0.2, 0.25) is 0 Å². The van der Waals surface area contributed by atoms with Gasteiger partial charge in [-0.25, -0.2) is 0 Å². The van der Waals surface area contributed by atoms with E-state index in [4.69, 9.17) is 8.22 Å². The first-order chi connectivity index (χ1) is 24.7. The quantitative estimate of drug-likeness (QED) is 0.194. The molecule has 206 valence electrons. The Labute approximate surface area is 269 Å². The summed E-state index contributed by atoms with van der Waals surface area (Å²) >= 11 is 1.04. The van der Waals surface area contributed by atoms with Crippen LogP contribution < -0.4 is 0 Å². The first kappa shape index (κ1) is 19.0. The second kappa shape index (κ2) is 10.1. The summed E-state index contributed by atoms with van der Waals surface area (Å²) in [6, 6.07) is 39.8. The van der Waals surface area contributed by atoms with Crippen LogP contribution in [0.4, 0.5) is 0 Å². The van der Waals surface area contributed by atoms with Crippen LogP contribution in [0, 0.1) is 0 Å². The standard InChI is InChI=1S/C42H27NS/c1-2-11-28(12-3-1)30-21-23-40-36(26-30)34-16-5-8-19-39(34)43(40)38-18-7-4-15-33(38)32-14-10-13-29(25-32)31-22-24-42-37(27-31)35-17-6-9-20-41(35)44-42/h1-27H/i6D,9D,17D,20D,22D,24D,27D. The number of thiophene rings is 1. The highest BCUT2D eigenvalue weighted by atomic mass is 32.1. The highest BCUT2D eigenvalue weighted by Crippen LogP contribution is 2.40. The molecule has 0 saturated heterocycles. The Balaban J connectivity index is 1.25. The van der Waals surface area contributed by atoms with Crippen LogP contribution >= 0.6 is 11.3 Å². The van der Waals surface area contributed by atoms with Gasteiger partial charge in [-0.05, 0) is 76.3 Å². The van der Waals surface area contributed by atoms with Gasteiger partial charge < -0.3 is 4.57 Å². The summed E-state index contributed by atoms with van der Waals surface area (Å²) in [5, 5.41) is 2.79. The molecule has 0 N–H and O–H groups in total. The Bertz CT molecular complexity index is 2890. The van der Waals surface area contributed by atoms with Gasteiger partial charge in [0.25, 0.3) is 0 Å². The van der Waals surface area contributed by atoms with E-state index in [0.717, 1.165) is 61.1 Å². The number of aromatic nitrogens is 1. The van der Waals surface area contributed by atoms with Gasteiger partial charge in [0.15, 0.2) is 0 Å². The number of rotatable bonds is 4. The zero-order chi connectivity index (χ0) is 35.1. The maximum Gasteiger partial charge on any atom is 0.0638 e. The number of hydrogen-bond donors (Lipinski definition) is 0. The first-order valence-corrected chi connectivity index (χ1v) is 15.3. The maximum atomic E-state index is 9.34. The predicted molar refractivity (Wildman–Crippen MR) is 190 cm³/mol. The Hall–Kier alpha value is -5.44. The number of para-hydroxylation sites is 2. The fourth-order valence-corrected chi connectivity index (χ4v) is 7.16. The molecule has 7 aromatic carbocycles. The molecule has 9 rings (SSSR count). The van der Waals surface area contributed by atoms with Gasteiger partial charge in [-0.2, -0.15) is 0 Å². The summed E-state index contributed by atoms with van der Waals surface area (Å²) in [5.74, 6) is 0. The van der Waals surface area contributed by atoms with Gasteiger partial charge >= 0.3 is 0 Å². The lowest BCUT2D eigenvalue weighted by Gasteiger charge is -2.15. The van der Waals surface area contributed by atoms with Crippen molar-refractivity contribution >= 4 is 53.3 Å². The largest absolute Gasteiger partial charge is 0.309 e. The van der Waals surface area contributed by atoms with E-state index in [9.17, 15) is 1.37 Å². The van der Waals surface area contributed by atoms with Crippen molar-refractivity contribution in [1.82, 2.24) is 4.57 Å². The molecule has 0 aliphatic rings. The van der Waals surface area contributed by atoms with Gasteiger partial charge in [0.1, 0.15) is 0 Å². The summed E-state index contributed by atoms with van der Waals surface area (Å²) in [6.45, 7) is 0. The average molecular weight is 585 g/mol. The van der Waals surface area contributed by atoms with E-state index in [-0.39, 0.29) is 58.6 Å². The second-order valence-electron chi connectivity index (χ2n) is 10.8. The van der Waals surface area contributed by atoms with Crippen LogP contribution in [0.2, 0.25) is 0 Å². The lowest BCUT2D eigenvalue weighted by Crippen LogP contribution is -1.97. The molecule has 2 heteroatoms. The van der Waals surface area contributed by atoms with E-state index in [2.05, 4.69) is 65.2 Å². The fourth-order valence-electron chi connectivity index (χ4n) is 6.24. The topological polar surface area (TPSA) is 4.93 Å². The molecule has 0 radical (unpaired) electrons. The predicted octanol–water partition coefficient (Wildman–Crippen LogP) is 12.2.